The zero-order valence-electron chi connectivity index (χ0n) is 16.9. The van der Waals surface area contributed by atoms with Crippen LogP contribution in [0, 0.1) is 13.8 Å². The molecule has 1 aliphatic heterocycles. The van der Waals surface area contributed by atoms with Crippen molar-refractivity contribution in [3.05, 3.63) is 47.5 Å². The molecular weight excluding hydrogens is 392 g/mol. The smallest absolute Gasteiger partial charge is 0.262 e. The van der Waals surface area contributed by atoms with Crippen LogP contribution in [-0.4, -0.2) is 45.4 Å². The summed E-state index contributed by atoms with van der Waals surface area (Å²) < 4.78 is 37.9. The van der Waals surface area contributed by atoms with Gasteiger partial charge in [0.15, 0.2) is 6.61 Å². The Hall–Kier alpha value is -2.58. The third-order valence-electron chi connectivity index (χ3n) is 4.71. The second-order valence-corrected chi connectivity index (χ2v) is 9.07. The average molecular weight is 419 g/mol. The van der Waals surface area contributed by atoms with Crippen LogP contribution >= 0.6 is 0 Å². The van der Waals surface area contributed by atoms with Gasteiger partial charge in [-0.05, 0) is 68.1 Å². The van der Waals surface area contributed by atoms with E-state index in [-0.39, 0.29) is 11.5 Å². The van der Waals surface area contributed by atoms with Gasteiger partial charge < -0.3 is 14.8 Å². The lowest BCUT2D eigenvalue weighted by Crippen LogP contribution is -2.28. The molecule has 1 N–H and O–H groups in total. The van der Waals surface area contributed by atoms with E-state index in [0.29, 0.717) is 30.3 Å². The zero-order valence-corrected chi connectivity index (χ0v) is 17.7. The minimum Gasteiger partial charge on any atom is -0.495 e. The SMILES string of the molecule is COc1ccc(S(=O)(=O)N2CCCC2)cc1NC(=O)COc1cc(C)cc(C)c1. The predicted octanol–water partition coefficient (Wildman–Crippen LogP) is 3.11. The summed E-state index contributed by atoms with van der Waals surface area (Å²) >= 11 is 0. The molecule has 156 valence electrons. The number of nitrogens with one attached hydrogen (secondary N) is 1. The number of carbonyl (C=O) groups excluding carboxylic acids is 1. The van der Waals surface area contributed by atoms with Crippen molar-refractivity contribution in [1.29, 1.82) is 0 Å². The van der Waals surface area contributed by atoms with Crippen molar-refractivity contribution in [2.45, 2.75) is 31.6 Å². The number of hydrogen-bond acceptors (Lipinski definition) is 5. The first-order chi connectivity index (χ1) is 13.8. The third kappa shape index (κ3) is 5.07. The van der Waals surface area contributed by atoms with Crippen LogP contribution in [0.5, 0.6) is 11.5 Å². The summed E-state index contributed by atoms with van der Waals surface area (Å²) in [6.45, 7) is 4.74. The van der Waals surface area contributed by atoms with Crippen LogP contribution in [0.25, 0.3) is 0 Å². The number of methoxy groups -OCH3 is 1. The van der Waals surface area contributed by atoms with Crippen LogP contribution in [-0.2, 0) is 14.8 Å². The van der Waals surface area contributed by atoms with Gasteiger partial charge in [-0.2, -0.15) is 4.31 Å². The molecule has 0 aliphatic carbocycles. The maximum absolute atomic E-state index is 12.8. The number of anilines is 1. The van der Waals surface area contributed by atoms with Crippen LogP contribution in [0.1, 0.15) is 24.0 Å². The largest absolute Gasteiger partial charge is 0.495 e. The lowest BCUT2D eigenvalue weighted by Gasteiger charge is -2.17. The van der Waals surface area contributed by atoms with Gasteiger partial charge in [0, 0.05) is 13.1 Å². The molecule has 0 radical (unpaired) electrons. The molecular formula is C21H26N2O5S. The van der Waals surface area contributed by atoms with Gasteiger partial charge in [0.1, 0.15) is 11.5 Å². The van der Waals surface area contributed by atoms with Crippen LogP contribution in [0.4, 0.5) is 5.69 Å². The van der Waals surface area contributed by atoms with Crippen molar-refractivity contribution >= 4 is 21.6 Å². The molecule has 1 amide bonds. The van der Waals surface area contributed by atoms with E-state index < -0.39 is 15.9 Å². The molecule has 2 aromatic carbocycles. The van der Waals surface area contributed by atoms with Crippen molar-refractivity contribution in [1.82, 2.24) is 4.31 Å². The minimum absolute atomic E-state index is 0.130. The second-order valence-electron chi connectivity index (χ2n) is 7.13. The molecule has 0 bridgehead atoms. The molecule has 0 atom stereocenters. The van der Waals surface area contributed by atoms with Crippen LogP contribution in [0.15, 0.2) is 41.3 Å². The number of rotatable bonds is 7. The molecule has 2 aromatic rings. The molecule has 8 heteroatoms. The van der Waals surface area contributed by atoms with Crippen molar-refractivity contribution in [2.24, 2.45) is 0 Å². The summed E-state index contributed by atoms with van der Waals surface area (Å²) in [6.07, 6.45) is 1.71. The van der Waals surface area contributed by atoms with E-state index in [1.165, 1.54) is 23.5 Å². The highest BCUT2D eigenvalue weighted by molar-refractivity contribution is 7.89. The van der Waals surface area contributed by atoms with Gasteiger partial charge >= 0.3 is 0 Å². The van der Waals surface area contributed by atoms with Gasteiger partial charge in [-0.3, -0.25) is 4.79 Å². The van der Waals surface area contributed by atoms with Crippen LogP contribution in [0.2, 0.25) is 0 Å². The summed E-state index contributed by atoms with van der Waals surface area (Å²) in [4.78, 5) is 12.5. The molecule has 3 rings (SSSR count). The summed E-state index contributed by atoms with van der Waals surface area (Å²) in [5, 5.41) is 2.69. The standard InChI is InChI=1S/C21H26N2O5S/c1-15-10-16(2)12-17(11-15)28-14-21(24)22-19-13-18(6-7-20(19)27-3)29(25,26)23-8-4-5-9-23/h6-7,10-13H,4-5,8-9,14H2,1-3H3,(H,22,24). The second kappa shape index (κ2) is 8.84. The van der Waals surface area contributed by atoms with Crippen molar-refractivity contribution in [3.63, 3.8) is 0 Å². The van der Waals surface area contributed by atoms with Gasteiger partial charge in [0.2, 0.25) is 10.0 Å². The van der Waals surface area contributed by atoms with Crippen molar-refractivity contribution < 1.29 is 22.7 Å². The zero-order chi connectivity index (χ0) is 21.0. The fraction of sp³-hybridized carbons (Fsp3) is 0.381. The van der Waals surface area contributed by atoms with Gasteiger partial charge in [0.25, 0.3) is 5.91 Å². The summed E-state index contributed by atoms with van der Waals surface area (Å²) in [6, 6.07) is 10.2. The predicted molar refractivity (Wildman–Crippen MR) is 111 cm³/mol. The number of benzene rings is 2. The first-order valence-electron chi connectivity index (χ1n) is 9.49. The topological polar surface area (TPSA) is 84.9 Å². The average Bonchev–Trinajstić information content (AvgIpc) is 3.21. The molecule has 0 saturated carbocycles. The lowest BCUT2D eigenvalue weighted by atomic mass is 10.1. The number of ether oxygens (including phenoxy) is 2. The highest BCUT2D eigenvalue weighted by atomic mass is 32.2. The fourth-order valence-corrected chi connectivity index (χ4v) is 4.92. The Morgan fingerprint density at radius 2 is 1.72 bits per heavy atom. The van der Waals surface area contributed by atoms with Crippen molar-refractivity contribution in [3.8, 4) is 11.5 Å². The van der Waals surface area contributed by atoms with Gasteiger partial charge in [-0.15, -0.1) is 0 Å². The highest BCUT2D eigenvalue weighted by Crippen LogP contribution is 2.30. The van der Waals surface area contributed by atoms with Gasteiger partial charge in [0.05, 0.1) is 17.7 Å². The molecule has 0 aromatic heterocycles. The lowest BCUT2D eigenvalue weighted by molar-refractivity contribution is -0.118. The van der Waals surface area contributed by atoms with Gasteiger partial charge in [-0.25, -0.2) is 8.42 Å². The van der Waals surface area contributed by atoms with E-state index in [9.17, 15) is 13.2 Å². The monoisotopic (exact) mass is 418 g/mol. The normalized spacial score (nSPS) is 14.6. The molecule has 1 heterocycles. The Labute approximate surface area is 171 Å². The number of sulfonamides is 1. The van der Waals surface area contributed by atoms with Crippen LogP contribution < -0.4 is 14.8 Å². The Bertz CT molecular complexity index is 978. The molecule has 0 unspecified atom stereocenters. The van der Waals surface area contributed by atoms with Crippen molar-refractivity contribution in [2.75, 3.05) is 32.1 Å². The maximum Gasteiger partial charge on any atom is 0.262 e. The number of amides is 1. The molecule has 1 fully saturated rings. The van der Waals surface area contributed by atoms with E-state index in [1.807, 2.05) is 32.0 Å². The van der Waals surface area contributed by atoms with Crippen LogP contribution in [0.3, 0.4) is 0 Å². The Morgan fingerprint density at radius 1 is 1.07 bits per heavy atom. The Balaban J connectivity index is 1.74. The summed E-state index contributed by atoms with van der Waals surface area (Å²) in [5.74, 6) is 0.582. The van der Waals surface area contributed by atoms with E-state index in [2.05, 4.69) is 5.32 Å². The number of aryl methyl sites for hydroxylation is 2. The molecule has 7 nitrogen and oxygen atoms in total. The number of carbonyl (C=O) groups is 1. The Kier molecular flexibility index (Phi) is 6.44. The minimum atomic E-state index is -3.59. The first kappa shape index (κ1) is 21.1. The van der Waals surface area contributed by atoms with E-state index in [4.69, 9.17) is 9.47 Å². The number of hydrogen-bond donors (Lipinski definition) is 1. The highest BCUT2D eigenvalue weighted by Gasteiger charge is 2.28. The molecule has 1 aliphatic rings. The number of nitrogens with zero attached hydrogens (tertiary/aromatic N) is 1. The van der Waals surface area contributed by atoms with E-state index in [0.717, 1.165) is 24.0 Å². The van der Waals surface area contributed by atoms with E-state index >= 15 is 0 Å². The van der Waals surface area contributed by atoms with E-state index in [1.54, 1.807) is 6.07 Å². The molecule has 0 spiro atoms. The molecule has 1 saturated heterocycles. The fourth-order valence-electron chi connectivity index (χ4n) is 3.37. The quantitative estimate of drug-likeness (QED) is 0.747. The molecule has 29 heavy (non-hydrogen) atoms. The Morgan fingerprint density at radius 3 is 2.34 bits per heavy atom. The summed E-state index contributed by atoms with van der Waals surface area (Å²) in [5.41, 5.74) is 2.38. The maximum atomic E-state index is 12.8. The third-order valence-corrected chi connectivity index (χ3v) is 6.61. The summed E-state index contributed by atoms with van der Waals surface area (Å²) in [7, 11) is -2.13. The first-order valence-corrected chi connectivity index (χ1v) is 10.9. The van der Waals surface area contributed by atoms with Gasteiger partial charge in [-0.1, -0.05) is 6.07 Å².